The normalized spacial score (nSPS) is 10.5. The highest BCUT2D eigenvalue weighted by Crippen LogP contribution is 2.19. The SMILES string of the molecule is Cc1nc(Cc2ccccc2)c(OCCO)nc1C. The van der Waals surface area contributed by atoms with Crippen LogP contribution in [0.1, 0.15) is 22.6 Å². The molecule has 2 rings (SSSR count). The van der Waals surface area contributed by atoms with Crippen LogP contribution in [0.3, 0.4) is 0 Å². The molecule has 0 atom stereocenters. The van der Waals surface area contributed by atoms with Gasteiger partial charge in [-0.15, -0.1) is 0 Å². The molecule has 19 heavy (non-hydrogen) atoms. The Labute approximate surface area is 113 Å². The van der Waals surface area contributed by atoms with E-state index in [1.165, 1.54) is 0 Å². The van der Waals surface area contributed by atoms with Crippen molar-refractivity contribution in [3.05, 3.63) is 53.0 Å². The first-order chi connectivity index (χ1) is 9.20. The highest BCUT2D eigenvalue weighted by molar-refractivity contribution is 5.30. The van der Waals surface area contributed by atoms with Gasteiger partial charge in [-0.1, -0.05) is 30.3 Å². The van der Waals surface area contributed by atoms with E-state index in [1.807, 2.05) is 44.2 Å². The zero-order valence-corrected chi connectivity index (χ0v) is 11.3. The number of hydrogen-bond acceptors (Lipinski definition) is 4. The summed E-state index contributed by atoms with van der Waals surface area (Å²) in [4.78, 5) is 8.96. The summed E-state index contributed by atoms with van der Waals surface area (Å²) < 4.78 is 5.47. The van der Waals surface area contributed by atoms with Gasteiger partial charge in [0, 0.05) is 6.42 Å². The highest BCUT2D eigenvalue weighted by Gasteiger charge is 2.11. The molecule has 1 N–H and O–H groups in total. The number of hydrogen-bond donors (Lipinski definition) is 1. The van der Waals surface area contributed by atoms with Crippen molar-refractivity contribution in [1.29, 1.82) is 0 Å². The van der Waals surface area contributed by atoms with Crippen molar-refractivity contribution >= 4 is 0 Å². The Bertz CT molecular complexity index is 541. The highest BCUT2D eigenvalue weighted by atomic mass is 16.5. The third-order valence-electron chi connectivity index (χ3n) is 2.89. The summed E-state index contributed by atoms with van der Waals surface area (Å²) in [5.41, 5.74) is 3.73. The second-order valence-electron chi connectivity index (χ2n) is 4.38. The zero-order valence-electron chi connectivity index (χ0n) is 11.3. The molecule has 0 aliphatic carbocycles. The first-order valence-corrected chi connectivity index (χ1v) is 6.32. The Morgan fingerprint density at radius 2 is 1.74 bits per heavy atom. The minimum Gasteiger partial charge on any atom is -0.474 e. The minimum atomic E-state index is -0.0284. The molecule has 0 radical (unpaired) electrons. The Kier molecular flexibility index (Phi) is 4.47. The van der Waals surface area contributed by atoms with Gasteiger partial charge < -0.3 is 9.84 Å². The van der Waals surface area contributed by atoms with E-state index in [-0.39, 0.29) is 13.2 Å². The molecule has 0 saturated carbocycles. The Balaban J connectivity index is 2.29. The molecule has 0 fully saturated rings. The number of aryl methyl sites for hydroxylation is 2. The van der Waals surface area contributed by atoms with Gasteiger partial charge in [0.05, 0.1) is 18.0 Å². The molecule has 0 amide bonds. The van der Waals surface area contributed by atoms with Crippen LogP contribution in [-0.2, 0) is 6.42 Å². The molecule has 0 saturated heterocycles. The van der Waals surface area contributed by atoms with Gasteiger partial charge in [0.1, 0.15) is 12.3 Å². The van der Waals surface area contributed by atoms with E-state index in [9.17, 15) is 0 Å². The molecule has 1 aromatic heterocycles. The van der Waals surface area contributed by atoms with Crippen LogP contribution in [0, 0.1) is 13.8 Å². The lowest BCUT2D eigenvalue weighted by Gasteiger charge is -2.11. The molecular weight excluding hydrogens is 240 g/mol. The van der Waals surface area contributed by atoms with Crippen molar-refractivity contribution in [2.45, 2.75) is 20.3 Å². The maximum Gasteiger partial charge on any atom is 0.236 e. The number of aliphatic hydroxyl groups is 1. The first-order valence-electron chi connectivity index (χ1n) is 6.32. The van der Waals surface area contributed by atoms with Gasteiger partial charge in [0.25, 0.3) is 0 Å². The van der Waals surface area contributed by atoms with Crippen LogP contribution >= 0.6 is 0 Å². The molecule has 4 heteroatoms. The molecule has 0 unspecified atom stereocenters. The lowest BCUT2D eigenvalue weighted by Crippen LogP contribution is -2.09. The van der Waals surface area contributed by atoms with E-state index in [1.54, 1.807) is 0 Å². The molecule has 0 spiro atoms. The third-order valence-corrected chi connectivity index (χ3v) is 2.89. The summed E-state index contributed by atoms with van der Waals surface area (Å²) >= 11 is 0. The van der Waals surface area contributed by atoms with Gasteiger partial charge >= 0.3 is 0 Å². The molecule has 0 bridgehead atoms. The molecule has 4 nitrogen and oxygen atoms in total. The zero-order chi connectivity index (χ0) is 13.7. The van der Waals surface area contributed by atoms with E-state index >= 15 is 0 Å². The maximum absolute atomic E-state index is 8.86. The molecule has 100 valence electrons. The van der Waals surface area contributed by atoms with Crippen LogP contribution in [0.25, 0.3) is 0 Å². The summed E-state index contributed by atoms with van der Waals surface area (Å²) in [6, 6.07) is 10.1. The van der Waals surface area contributed by atoms with Crippen molar-refractivity contribution in [3.8, 4) is 5.88 Å². The number of aromatic nitrogens is 2. The van der Waals surface area contributed by atoms with Crippen molar-refractivity contribution in [1.82, 2.24) is 9.97 Å². The lowest BCUT2D eigenvalue weighted by molar-refractivity contribution is 0.194. The third kappa shape index (κ3) is 3.51. The number of benzene rings is 1. The van der Waals surface area contributed by atoms with Crippen LogP contribution < -0.4 is 4.74 Å². The van der Waals surface area contributed by atoms with Crippen molar-refractivity contribution < 1.29 is 9.84 Å². The summed E-state index contributed by atoms with van der Waals surface area (Å²) in [6.07, 6.45) is 0.676. The fourth-order valence-corrected chi connectivity index (χ4v) is 1.79. The largest absolute Gasteiger partial charge is 0.474 e. The van der Waals surface area contributed by atoms with Gasteiger partial charge in [-0.2, -0.15) is 0 Å². The molecule has 0 aliphatic heterocycles. The number of ether oxygens (including phenoxy) is 1. The summed E-state index contributed by atoms with van der Waals surface area (Å²) in [7, 11) is 0. The number of aliphatic hydroxyl groups excluding tert-OH is 1. The van der Waals surface area contributed by atoms with Crippen LogP contribution in [0.2, 0.25) is 0 Å². The first kappa shape index (κ1) is 13.5. The minimum absolute atomic E-state index is 0.0284. The molecule has 0 aliphatic rings. The van der Waals surface area contributed by atoms with Crippen LogP contribution in [0.5, 0.6) is 5.88 Å². The second-order valence-corrected chi connectivity index (χ2v) is 4.38. The number of nitrogens with zero attached hydrogens (tertiary/aromatic N) is 2. The molecule has 1 heterocycles. The Morgan fingerprint density at radius 1 is 1.05 bits per heavy atom. The van der Waals surface area contributed by atoms with Gasteiger partial charge in [-0.05, 0) is 19.4 Å². The van der Waals surface area contributed by atoms with Gasteiger partial charge in [0.2, 0.25) is 5.88 Å². The summed E-state index contributed by atoms with van der Waals surface area (Å²) in [5, 5.41) is 8.86. The second kappa shape index (κ2) is 6.29. The average molecular weight is 258 g/mol. The van der Waals surface area contributed by atoms with E-state index in [0.29, 0.717) is 12.3 Å². The standard InChI is InChI=1S/C15H18N2O2/c1-11-12(2)17-15(19-9-8-18)14(16-11)10-13-6-4-3-5-7-13/h3-7,18H,8-10H2,1-2H3. The average Bonchev–Trinajstić information content (AvgIpc) is 2.42. The van der Waals surface area contributed by atoms with Gasteiger partial charge in [0.15, 0.2) is 0 Å². The predicted octanol–water partition coefficient (Wildman–Crippen LogP) is 2.06. The van der Waals surface area contributed by atoms with Gasteiger partial charge in [-0.3, -0.25) is 4.98 Å². The molecular formula is C15H18N2O2. The lowest BCUT2D eigenvalue weighted by atomic mass is 10.1. The van der Waals surface area contributed by atoms with Crippen LogP contribution in [0.4, 0.5) is 0 Å². The van der Waals surface area contributed by atoms with Gasteiger partial charge in [-0.25, -0.2) is 4.98 Å². The smallest absolute Gasteiger partial charge is 0.236 e. The Morgan fingerprint density at radius 3 is 2.42 bits per heavy atom. The topological polar surface area (TPSA) is 55.2 Å². The summed E-state index contributed by atoms with van der Waals surface area (Å²) in [6.45, 7) is 4.05. The fraction of sp³-hybridized carbons (Fsp3) is 0.333. The van der Waals surface area contributed by atoms with E-state index in [0.717, 1.165) is 22.6 Å². The molecule has 1 aromatic carbocycles. The van der Waals surface area contributed by atoms with Crippen molar-refractivity contribution in [2.24, 2.45) is 0 Å². The van der Waals surface area contributed by atoms with E-state index in [2.05, 4.69) is 9.97 Å². The fourth-order valence-electron chi connectivity index (χ4n) is 1.79. The van der Waals surface area contributed by atoms with Crippen molar-refractivity contribution in [3.63, 3.8) is 0 Å². The van der Waals surface area contributed by atoms with Crippen LogP contribution in [0.15, 0.2) is 30.3 Å². The number of rotatable bonds is 5. The van der Waals surface area contributed by atoms with Crippen LogP contribution in [-0.4, -0.2) is 28.3 Å². The summed E-state index contributed by atoms with van der Waals surface area (Å²) in [5.74, 6) is 0.515. The van der Waals surface area contributed by atoms with E-state index < -0.39 is 0 Å². The van der Waals surface area contributed by atoms with Crippen molar-refractivity contribution in [2.75, 3.05) is 13.2 Å². The predicted molar refractivity (Wildman–Crippen MR) is 73.3 cm³/mol. The Hall–Kier alpha value is -1.94. The maximum atomic E-state index is 8.86. The monoisotopic (exact) mass is 258 g/mol. The quantitative estimate of drug-likeness (QED) is 0.892. The molecule has 2 aromatic rings. The van der Waals surface area contributed by atoms with E-state index in [4.69, 9.17) is 9.84 Å².